The van der Waals surface area contributed by atoms with E-state index in [1.54, 1.807) is 0 Å². The molecule has 1 rings (SSSR count). The lowest BCUT2D eigenvalue weighted by atomic mass is 10.1. The molecule has 0 aromatic heterocycles. The van der Waals surface area contributed by atoms with Gasteiger partial charge >= 0.3 is 0 Å². The van der Waals surface area contributed by atoms with Crippen LogP contribution in [0.5, 0.6) is 0 Å². The quantitative estimate of drug-likeness (QED) is 0.687. The van der Waals surface area contributed by atoms with Crippen molar-refractivity contribution >= 4 is 10.9 Å². The summed E-state index contributed by atoms with van der Waals surface area (Å²) in [5.41, 5.74) is 0. The maximum atomic E-state index is 10.7. The maximum Gasteiger partial charge on any atom is 0.204 e. The van der Waals surface area contributed by atoms with Crippen molar-refractivity contribution in [1.82, 2.24) is 9.21 Å². The first kappa shape index (κ1) is 11.9. The van der Waals surface area contributed by atoms with Crippen molar-refractivity contribution in [3.8, 4) is 0 Å². The Bertz CT molecular complexity index is 227. The van der Waals surface area contributed by atoms with Gasteiger partial charge in [0.25, 0.3) is 0 Å². The Labute approximate surface area is 88.0 Å². The SMILES string of the molecule is CC[C@H](C)CN1CCN([SH](=O)=O)CC1. The van der Waals surface area contributed by atoms with Gasteiger partial charge in [0.2, 0.25) is 10.9 Å². The van der Waals surface area contributed by atoms with Crippen LogP contribution in [-0.2, 0) is 10.9 Å². The third-order valence-corrected chi connectivity index (χ3v) is 3.71. The second kappa shape index (κ2) is 5.68. The largest absolute Gasteiger partial charge is 0.300 e. The Morgan fingerprint density at radius 2 is 1.79 bits per heavy atom. The highest BCUT2D eigenvalue weighted by Gasteiger charge is 2.18. The molecule has 0 bridgehead atoms. The molecule has 0 saturated carbocycles. The number of nitrogens with zero attached hydrogens (tertiary/aromatic N) is 2. The lowest BCUT2D eigenvalue weighted by Crippen LogP contribution is -2.46. The third-order valence-electron chi connectivity index (χ3n) is 2.85. The molecular weight excluding hydrogens is 200 g/mol. The molecule has 1 aliphatic rings. The Kier molecular flexibility index (Phi) is 4.84. The summed E-state index contributed by atoms with van der Waals surface area (Å²) in [6.07, 6.45) is 1.19. The van der Waals surface area contributed by atoms with Gasteiger partial charge in [0.05, 0.1) is 0 Å². The molecule has 1 atom stereocenters. The monoisotopic (exact) mass is 220 g/mol. The third kappa shape index (κ3) is 3.55. The van der Waals surface area contributed by atoms with E-state index in [4.69, 9.17) is 0 Å². The topological polar surface area (TPSA) is 40.6 Å². The highest BCUT2D eigenvalue weighted by atomic mass is 32.2. The van der Waals surface area contributed by atoms with Crippen molar-refractivity contribution in [3.63, 3.8) is 0 Å². The van der Waals surface area contributed by atoms with E-state index in [9.17, 15) is 8.42 Å². The molecule has 0 radical (unpaired) electrons. The molecule has 1 saturated heterocycles. The molecule has 0 aromatic carbocycles. The van der Waals surface area contributed by atoms with Crippen molar-refractivity contribution in [2.45, 2.75) is 20.3 Å². The van der Waals surface area contributed by atoms with Crippen LogP contribution in [0, 0.1) is 5.92 Å². The van der Waals surface area contributed by atoms with Crippen LogP contribution >= 0.6 is 0 Å². The van der Waals surface area contributed by atoms with Crippen LogP contribution in [0.25, 0.3) is 0 Å². The first-order chi connectivity index (χ1) is 6.63. The lowest BCUT2D eigenvalue weighted by molar-refractivity contribution is 0.169. The molecule has 4 nitrogen and oxygen atoms in total. The first-order valence-corrected chi connectivity index (χ1v) is 6.38. The normalized spacial score (nSPS) is 22.8. The highest BCUT2D eigenvalue weighted by molar-refractivity contribution is 7.69. The molecule has 0 spiro atoms. The summed E-state index contributed by atoms with van der Waals surface area (Å²) >= 11 is 0. The molecule has 5 heteroatoms. The van der Waals surface area contributed by atoms with Crippen LogP contribution in [0.15, 0.2) is 0 Å². The fourth-order valence-electron chi connectivity index (χ4n) is 1.65. The van der Waals surface area contributed by atoms with Crippen molar-refractivity contribution in [2.75, 3.05) is 32.7 Å². The van der Waals surface area contributed by atoms with Gasteiger partial charge in [0.15, 0.2) is 0 Å². The number of hydrogen-bond acceptors (Lipinski definition) is 3. The molecule has 0 amide bonds. The molecule has 14 heavy (non-hydrogen) atoms. The standard InChI is InChI=1S/C9H20N2O2S/c1-3-9(2)8-10-4-6-11(7-5-10)14(12)13/h9,14H,3-8H2,1-2H3/t9-/m0/s1. The predicted molar refractivity (Wildman–Crippen MR) is 57.8 cm³/mol. The van der Waals surface area contributed by atoms with Crippen LogP contribution < -0.4 is 0 Å². The molecule has 0 aromatic rings. The van der Waals surface area contributed by atoms with Crippen molar-refractivity contribution in [3.05, 3.63) is 0 Å². The summed E-state index contributed by atoms with van der Waals surface area (Å²) in [7, 11) is -2.35. The van der Waals surface area contributed by atoms with Crippen LogP contribution in [0.2, 0.25) is 0 Å². The smallest absolute Gasteiger partial charge is 0.204 e. The summed E-state index contributed by atoms with van der Waals surface area (Å²) in [6, 6.07) is 0. The summed E-state index contributed by atoms with van der Waals surface area (Å²) in [4.78, 5) is 2.35. The van der Waals surface area contributed by atoms with E-state index < -0.39 is 10.9 Å². The fraction of sp³-hybridized carbons (Fsp3) is 1.00. The lowest BCUT2D eigenvalue weighted by Gasteiger charge is -2.32. The van der Waals surface area contributed by atoms with Crippen LogP contribution in [0.4, 0.5) is 0 Å². The van der Waals surface area contributed by atoms with Gasteiger partial charge in [0.1, 0.15) is 0 Å². The molecule has 1 fully saturated rings. The molecular formula is C9H20N2O2S. The summed E-state index contributed by atoms with van der Waals surface area (Å²) in [5, 5.41) is 0. The predicted octanol–water partition coefficient (Wildman–Crippen LogP) is 0.177. The van der Waals surface area contributed by atoms with E-state index in [1.165, 1.54) is 10.7 Å². The minimum atomic E-state index is -2.35. The summed E-state index contributed by atoms with van der Waals surface area (Å²) in [6.45, 7) is 8.61. The van der Waals surface area contributed by atoms with E-state index >= 15 is 0 Å². The Balaban J connectivity index is 2.28. The molecule has 0 aliphatic carbocycles. The number of thiol groups is 1. The van der Waals surface area contributed by atoms with Gasteiger partial charge in [-0.25, -0.2) is 12.7 Å². The van der Waals surface area contributed by atoms with E-state index in [2.05, 4.69) is 18.7 Å². The Morgan fingerprint density at radius 3 is 2.21 bits per heavy atom. The number of rotatable bonds is 4. The van der Waals surface area contributed by atoms with Gasteiger partial charge in [0, 0.05) is 32.7 Å². The summed E-state index contributed by atoms with van der Waals surface area (Å²) < 4.78 is 22.9. The zero-order valence-corrected chi connectivity index (χ0v) is 9.87. The van der Waals surface area contributed by atoms with E-state index in [-0.39, 0.29) is 0 Å². The maximum absolute atomic E-state index is 10.7. The van der Waals surface area contributed by atoms with E-state index in [0.29, 0.717) is 19.0 Å². The molecule has 0 unspecified atom stereocenters. The molecule has 0 N–H and O–H groups in total. The van der Waals surface area contributed by atoms with Gasteiger partial charge in [-0.1, -0.05) is 20.3 Å². The Hall–Kier alpha value is -0.130. The fourth-order valence-corrected chi connectivity index (χ4v) is 2.16. The van der Waals surface area contributed by atoms with Gasteiger partial charge in [-0.2, -0.15) is 0 Å². The zero-order valence-electron chi connectivity index (χ0n) is 8.98. The average molecular weight is 220 g/mol. The van der Waals surface area contributed by atoms with E-state index in [1.807, 2.05) is 0 Å². The van der Waals surface area contributed by atoms with Crippen molar-refractivity contribution in [2.24, 2.45) is 5.92 Å². The van der Waals surface area contributed by atoms with Crippen LogP contribution in [0.3, 0.4) is 0 Å². The number of hydrogen-bond donors (Lipinski definition) is 1. The second-order valence-electron chi connectivity index (χ2n) is 4.01. The molecule has 1 heterocycles. The zero-order chi connectivity index (χ0) is 10.6. The highest BCUT2D eigenvalue weighted by Crippen LogP contribution is 2.07. The molecule has 84 valence electrons. The minimum absolute atomic E-state index is 0.662. The number of piperazine rings is 1. The van der Waals surface area contributed by atoms with Crippen molar-refractivity contribution < 1.29 is 8.42 Å². The Morgan fingerprint density at radius 1 is 1.21 bits per heavy atom. The van der Waals surface area contributed by atoms with E-state index in [0.717, 1.165) is 19.6 Å². The van der Waals surface area contributed by atoms with Gasteiger partial charge in [-0.3, -0.25) is 0 Å². The van der Waals surface area contributed by atoms with Crippen LogP contribution in [-0.4, -0.2) is 50.3 Å². The van der Waals surface area contributed by atoms with Gasteiger partial charge < -0.3 is 4.90 Å². The second-order valence-corrected chi connectivity index (χ2v) is 5.05. The first-order valence-electron chi connectivity index (χ1n) is 5.25. The minimum Gasteiger partial charge on any atom is -0.300 e. The molecule has 1 aliphatic heterocycles. The average Bonchev–Trinajstić information content (AvgIpc) is 2.18. The van der Waals surface area contributed by atoms with Crippen LogP contribution in [0.1, 0.15) is 20.3 Å². The van der Waals surface area contributed by atoms with Crippen molar-refractivity contribution in [1.29, 1.82) is 0 Å². The summed E-state index contributed by atoms with van der Waals surface area (Å²) in [5.74, 6) is 0.711. The van der Waals surface area contributed by atoms with Gasteiger partial charge in [-0.15, -0.1) is 0 Å². The van der Waals surface area contributed by atoms with Gasteiger partial charge in [-0.05, 0) is 5.92 Å².